The summed E-state index contributed by atoms with van der Waals surface area (Å²) in [4.78, 5) is 333. The van der Waals surface area contributed by atoms with Crippen LogP contribution in [-0.2, 0) is 139 Å². The third-order valence-corrected chi connectivity index (χ3v) is 22.5. The van der Waals surface area contributed by atoms with Crippen molar-refractivity contribution >= 4 is 148 Å². The second kappa shape index (κ2) is 60.4. The van der Waals surface area contributed by atoms with E-state index in [2.05, 4.69) is 63.8 Å². The third kappa shape index (κ3) is 43.2. The number of carboxylic acids is 7. The van der Waals surface area contributed by atoms with Gasteiger partial charge in [-0.1, -0.05) is 100 Å². The molecule has 2 aliphatic heterocycles. The van der Waals surface area contributed by atoms with Crippen molar-refractivity contribution in [2.75, 3.05) is 26.2 Å². The molecule has 2 heterocycles. The summed E-state index contributed by atoms with van der Waals surface area (Å²) in [6.07, 6.45) is -8.47. The van der Waals surface area contributed by atoms with Gasteiger partial charge in [-0.3, -0.25) is 115 Å². The molecule has 5 rings (SSSR count). The van der Waals surface area contributed by atoms with Crippen LogP contribution in [0, 0.1) is 11.8 Å². The molecule has 2 saturated heterocycles. The molecular formula is C92H129N19O34. The van der Waals surface area contributed by atoms with Gasteiger partial charge in [0, 0.05) is 65.0 Å². The highest BCUT2D eigenvalue weighted by Gasteiger charge is 2.44. The molecule has 2 fully saturated rings. The third-order valence-electron chi connectivity index (χ3n) is 22.5. The minimum atomic E-state index is -2.29. The lowest BCUT2D eigenvalue weighted by molar-refractivity contribution is -0.143. The Morgan fingerprint density at radius 2 is 0.676 bits per heavy atom. The Balaban J connectivity index is 0.0000107. The number of nitrogens with zero attached hydrogens (tertiary/aromatic N) is 2. The number of hydrogen-bond donors (Lipinski definition) is 26. The molecule has 0 aromatic heterocycles. The quantitative estimate of drug-likeness (QED) is 0.0250. The normalized spacial score (nSPS) is 16.1. The van der Waals surface area contributed by atoms with Crippen LogP contribution >= 0.6 is 0 Å². The molecule has 3 aromatic rings. The van der Waals surface area contributed by atoms with Crippen LogP contribution in [0.15, 0.2) is 84.9 Å². The lowest BCUT2D eigenvalue weighted by Crippen LogP contribution is -2.61. The zero-order valence-electron chi connectivity index (χ0n) is 80.9. The molecule has 2 aliphatic rings. The van der Waals surface area contributed by atoms with E-state index in [-0.39, 0.29) is 82.0 Å². The van der Waals surface area contributed by atoms with Crippen LogP contribution in [0.3, 0.4) is 0 Å². The Bertz CT molecular complexity index is 5110. The highest BCUT2D eigenvalue weighted by atomic mass is 16.4. The van der Waals surface area contributed by atoms with E-state index in [1.54, 1.807) is 88.4 Å². The second-order valence-corrected chi connectivity index (χ2v) is 35.2. The second-order valence-electron chi connectivity index (χ2n) is 35.2. The fourth-order valence-corrected chi connectivity index (χ4v) is 14.8. The number of hydrogen-bond acceptors (Lipinski definition) is 28. The standard InChI is InChI=1S/C90H125N19O32.C2H4O2/c1-44(2)36-57(82(132)99-55(28-32-70(118)119)80(130)106-62(90(140)141)39-50-18-12-9-13-19-50)102-85(135)64-20-14-34-108(64)88(138)60(37-49-16-10-8-11-17-49)104-76(126)48(7)95-78(128)53(26-30-68(114)115)97-75(125)47(6)96-84(134)63(43-110)107-81(131)56(29-33-71(120)121)100-83(133)59(41-72(122)123)101-79(129)54(27-31-69(116)117)98-74(124)46(5)94-67(113)42-93-77(127)58(40-66(91)112)103-86(136)65-21-15-35-109(65)89(139)61(105-87(137)73(92)45(3)4)38-51-22-24-52(111)25-23-51;1-2(3)4/h8-13,16-19,22-25,44-48,53-65,73,110-111H,14-15,20-21,26-43,92H2,1-7H3,(H2,91,112)(H,93,127)(H,94,113)(H,95,128)(H,96,134)(H,97,125)(H,98,124)(H,99,132)(H,100,133)(H,101,129)(H,102,135)(H,103,136)(H,104,126)(H,105,137)(H,106,130)(H,107,131)(H,114,115)(H,116,117)(H,118,119)(H,120,121)(H,122,123)(H,140,141);1H3,(H,3,4). The van der Waals surface area contributed by atoms with Crippen molar-refractivity contribution in [2.45, 2.75) is 274 Å². The van der Waals surface area contributed by atoms with Gasteiger partial charge in [-0.05, 0) is 119 Å². The molecule has 3 aromatic carbocycles. The molecule has 18 amide bonds. The average Bonchev–Trinajstić information content (AvgIpc) is 1.70. The molecule has 0 bridgehead atoms. The number of aliphatic hydroxyl groups excluding tert-OH is 1. The first kappa shape index (κ1) is 121. The van der Waals surface area contributed by atoms with Gasteiger partial charge in [0.15, 0.2) is 0 Å². The van der Waals surface area contributed by atoms with Crippen LogP contribution in [0.5, 0.6) is 5.75 Å². The monoisotopic (exact) mass is 2040 g/mol. The van der Waals surface area contributed by atoms with Gasteiger partial charge >= 0.3 is 35.8 Å². The van der Waals surface area contributed by atoms with Gasteiger partial charge in [-0.15, -0.1) is 0 Å². The molecule has 17 atom stereocenters. The zero-order valence-corrected chi connectivity index (χ0v) is 80.9. The number of carbonyl (C=O) groups is 25. The predicted octanol–water partition coefficient (Wildman–Crippen LogP) is -6.63. The summed E-state index contributed by atoms with van der Waals surface area (Å²) < 4.78 is 0. The number of aromatic hydroxyl groups is 1. The number of amides is 18. The number of carboxylic acid groups (broad SMARTS) is 7. The molecule has 28 N–H and O–H groups in total. The van der Waals surface area contributed by atoms with Crippen LogP contribution < -0.4 is 91.2 Å². The molecule has 0 radical (unpaired) electrons. The van der Waals surface area contributed by atoms with Crippen LogP contribution in [-0.4, -0.2) is 333 Å². The van der Waals surface area contributed by atoms with E-state index in [0.717, 1.165) is 37.5 Å². The molecule has 53 nitrogen and oxygen atoms in total. The number of phenols is 1. The molecule has 0 saturated carbocycles. The van der Waals surface area contributed by atoms with Crippen molar-refractivity contribution in [2.24, 2.45) is 23.3 Å². The zero-order chi connectivity index (χ0) is 109. The average molecular weight is 2050 g/mol. The summed E-state index contributed by atoms with van der Waals surface area (Å²) in [7, 11) is 0. The van der Waals surface area contributed by atoms with E-state index in [4.69, 9.17) is 21.4 Å². The molecule has 0 aliphatic carbocycles. The van der Waals surface area contributed by atoms with E-state index in [0.29, 0.717) is 16.7 Å². The summed E-state index contributed by atoms with van der Waals surface area (Å²) in [6, 6.07) is -6.14. The Hall–Kier alpha value is -15.9. The maximum atomic E-state index is 14.8. The minimum absolute atomic E-state index is 0.00134. The number of nitrogens with one attached hydrogen (secondary N) is 15. The summed E-state index contributed by atoms with van der Waals surface area (Å²) in [5.74, 6) is -31.0. The highest BCUT2D eigenvalue weighted by molar-refractivity contribution is 6.03. The van der Waals surface area contributed by atoms with Crippen molar-refractivity contribution in [1.82, 2.24) is 89.6 Å². The SMILES string of the molecule is CC(=O)O.CC(C)CC(NC(=O)C1CCCN1C(=O)C(Cc1ccccc1)NC(=O)C(C)NC(=O)C(CCC(=O)O)NC(=O)C(C)NC(=O)C(CO)NC(=O)C(CCC(=O)O)NC(=O)C(CC(=O)O)NC(=O)C(CCC(=O)O)NC(=O)C(C)NC(=O)CNC(=O)C(CC(N)=O)NC(=O)C1CCCN1C(=O)C(Cc1ccc(O)cc1)NC(=O)C(N)C(C)C)C(=O)NC(CCC(=O)O)C(=O)NC(Cc1ccccc1)C(=O)O. The number of nitrogens with two attached hydrogens (primary N) is 2. The van der Waals surface area contributed by atoms with Gasteiger partial charge in [0.1, 0.15) is 102 Å². The maximum absolute atomic E-state index is 14.8. The van der Waals surface area contributed by atoms with Crippen molar-refractivity contribution in [3.05, 3.63) is 102 Å². The van der Waals surface area contributed by atoms with Crippen molar-refractivity contribution in [1.29, 1.82) is 0 Å². The Morgan fingerprint density at radius 3 is 1.05 bits per heavy atom. The lowest BCUT2D eigenvalue weighted by atomic mass is 10.0. The van der Waals surface area contributed by atoms with Gasteiger partial charge in [-0.2, -0.15) is 0 Å². The van der Waals surface area contributed by atoms with Crippen molar-refractivity contribution in [3.8, 4) is 5.75 Å². The van der Waals surface area contributed by atoms with Crippen LogP contribution in [0.25, 0.3) is 0 Å². The van der Waals surface area contributed by atoms with Gasteiger partial charge < -0.3 is 147 Å². The summed E-state index contributed by atoms with van der Waals surface area (Å²) in [5, 5.41) is 120. The number of phenolic OH excluding ortho intramolecular Hbond substituents is 1. The number of aliphatic carboxylic acids is 7. The van der Waals surface area contributed by atoms with Crippen molar-refractivity contribution in [3.63, 3.8) is 0 Å². The Morgan fingerprint density at radius 1 is 0.359 bits per heavy atom. The lowest BCUT2D eigenvalue weighted by Gasteiger charge is -2.31. The highest BCUT2D eigenvalue weighted by Crippen LogP contribution is 2.25. The first-order valence-corrected chi connectivity index (χ1v) is 46.2. The van der Waals surface area contributed by atoms with E-state index in [9.17, 15) is 156 Å². The van der Waals surface area contributed by atoms with Gasteiger partial charge in [-0.25, -0.2) is 4.79 Å². The minimum Gasteiger partial charge on any atom is -0.508 e. The first-order valence-electron chi connectivity index (χ1n) is 46.2. The fourth-order valence-electron chi connectivity index (χ4n) is 14.8. The van der Waals surface area contributed by atoms with E-state index in [1.165, 1.54) is 24.3 Å². The van der Waals surface area contributed by atoms with Crippen LogP contribution in [0.2, 0.25) is 0 Å². The first-order chi connectivity index (χ1) is 68.1. The Kier molecular flexibility index (Phi) is 50.6. The molecule has 17 unspecified atom stereocenters. The summed E-state index contributed by atoms with van der Waals surface area (Å²) in [6.45, 7) is 8.66. The van der Waals surface area contributed by atoms with E-state index >= 15 is 0 Å². The molecule has 0 spiro atoms. The maximum Gasteiger partial charge on any atom is 0.326 e. The number of primary amides is 1. The molecule has 53 heteroatoms. The largest absolute Gasteiger partial charge is 0.508 e. The van der Waals surface area contributed by atoms with Gasteiger partial charge in [0.05, 0.1) is 32.0 Å². The molecule has 796 valence electrons. The fraction of sp³-hybridized carbons (Fsp3) is 0.533. The van der Waals surface area contributed by atoms with Crippen molar-refractivity contribution < 1.29 is 166 Å². The predicted molar refractivity (Wildman–Crippen MR) is 502 cm³/mol. The van der Waals surface area contributed by atoms with Crippen LogP contribution in [0.4, 0.5) is 0 Å². The Labute approximate surface area is 830 Å². The topological polar surface area (TPSA) is 848 Å². The smallest absolute Gasteiger partial charge is 0.326 e. The number of rotatable bonds is 59. The number of benzene rings is 3. The molecular weight excluding hydrogens is 1920 g/mol. The van der Waals surface area contributed by atoms with E-state index < -0.39 is 328 Å². The summed E-state index contributed by atoms with van der Waals surface area (Å²) >= 11 is 0. The molecule has 145 heavy (non-hydrogen) atoms. The van der Waals surface area contributed by atoms with Gasteiger partial charge in [0.2, 0.25) is 106 Å². The van der Waals surface area contributed by atoms with Crippen LogP contribution in [0.1, 0.15) is 168 Å². The number of likely N-dealkylation sites (tertiary alicyclic amines) is 2. The number of aliphatic hydroxyl groups is 1. The number of carbonyl (C=O) groups excluding carboxylic acids is 18. The van der Waals surface area contributed by atoms with Gasteiger partial charge in [0.25, 0.3) is 5.97 Å². The summed E-state index contributed by atoms with van der Waals surface area (Å²) in [5.41, 5.74) is 13.0. The van der Waals surface area contributed by atoms with E-state index in [1.807, 2.05) is 16.0 Å².